The maximum atomic E-state index is 13.3. The van der Waals surface area contributed by atoms with Crippen LogP contribution in [0.15, 0.2) is 54.9 Å². The van der Waals surface area contributed by atoms with E-state index in [0.29, 0.717) is 12.2 Å². The van der Waals surface area contributed by atoms with Crippen LogP contribution in [0.25, 0.3) is 5.69 Å². The number of aromatic nitrogens is 4. The van der Waals surface area contributed by atoms with Gasteiger partial charge >= 0.3 is 0 Å². The lowest BCUT2D eigenvalue weighted by atomic mass is 9.92. The molecule has 9 heteroatoms. The lowest BCUT2D eigenvalue weighted by molar-refractivity contribution is -0.129. The Bertz CT molecular complexity index is 1070. The number of anilines is 1. The van der Waals surface area contributed by atoms with Crippen molar-refractivity contribution in [2.75, 3.05) is 19.0 Å². The fourth-order valence-electron chi connectivity index (χ4n) is 4.07. The second-order valence-electron chi connectivity index (χ2n) is 7.76. The lowest BCUT2D eigenvalue weighted by Gasteiger charge is -2.28. The lowest BCUT2D eigenvalue weighted by Crippen LogP contribution is -2.33. The molecule has 0 unspecified atom stereocenters. The van der Waals surface area contributed by atoms with Gasteiger partial charge in [-0.3, -0.25) is 9.59 Å². The molecule has 32 heavy (non-hydrogen) atoms. The highest BCUT2D eigenvalue weighted by Crippen LogP contribution is 2.39. The van der Waals surface area contributed by atoms with Gasteiger partial charge in [0.05, 0.1) is 24.8 Å². The van der Waals surface area contributed by atoms with E-state index in [2.05, 4.69) is 27.8 Å². The first-order valence-electron chi connectivity index (χ1n) is 10.7. The number of tetrazole rings is 1. The molecule has 9 nitrogen and oxygen atoms in total. The predicted octanol–water partition coefficient (Wildman–Crippen LogP) is 3.00. The Hall–Kier alpha value is -3.75. The van der Waals surface area contributed by atoms with Gasteiger partial charge in [0.2, 0.25) is 11.8 Å². The minimum absolute atomic E-state index is 0.00172. The number of hydrogen-bond acceptors (Lipinski definition) is 6. The van der Waals surface area contributed by atoms with Crippen molar-refractivity contribution in [2.45, 2.75) is 32.2 Å². The summed E-state index contributed by atoms with van der Waals surface area (Å²) in [6, 6.07) is 14.5. The molecule has 1 aliphatic rings. The van der Waals surface area contributed by atoms with Crippen LogP contribution in [0.5, 0.6) is 5.75 Å². The predicted molar refractivity (Wildman–Crippen MR) is 118 cm³/mol. The Morgan fingerprint density at radius 3 is 2.72 bits per heavy atom. The molecule has 0 bridgehead atoms. The van der Waals surface area contributed by atoms with Gasteiger partial charge in [0.1, 0.15) is 12.1 Å². The molecule has 2 heterocycles. The molecule has 1 fully saturated rings. The zero-order chi connectivity index (χ0) is 22.5. The molecule has 2 atom stereocenters. The quantitative estimate of drug-likeness (QED) is 0.585. The van der Waals surface area contributed by atoms with Crippen LogP contribution < -0.4 is 10.1 Å². The Morgan fingerprint density at radius 1 is 1.22 bits per heavy atom. The van der Waals surface area contributed by atoms with Gasteiger partial charge < -0.3 is 15.0 Å². The first-order valence-corrected chi connectivity index (χ1v) is 10.7. The standard InChI is InChI=1S/C23H26N6O3/c1-3-4-12-28-21(30)14-20(22(28)16-8-10-19(32-2)11-9-16)23(31)25-17-6-5-7-18(13-17)29-15-24-26-27-29/h5-11,13,15,20,22H,3-4,12,14H2,1-2H3,(H,25,31)/t20-,22-/m0/s1. The maximum absolute atomic E-state index is 13.3. The van der Waals surface area contributed by atoms with E-state index in [1.54, 1.807) is 19.2 Å². The zero-order valence-electron chi connectivity index (χ0n) is 18.1. The molecule has 0 radical (unpaired) electrons. The number of nitrogens with zero attached hydrogens (tertiary/aromatic N) is 5. The Balaban J connectivity index is 1.59. The number of carbonyl (C=O) groups excluding carboxylic acids is 2. The van der Waals surface area contributed by atoms with Crippen molar-refractivity contribution in [1.82, 2.24) is 25.1 Å². The van der Waals surface area contributed by atoms with Crippen molar-refractivity contribution in [3.8, 4) is 11.4 Å². The molecule has 3 aromatic rings. The number of carbonyl (C=O) groups is 2. The molecule has 2 amide bonds. The molecule has 1 aliphatic heterocycles. The van der Waals surface area contributed by atoms with E-state index in [-0.39, 0.29) is 24.3 Å². The molecular formula is C23H26N6O3. The Kier molecular flexibility index (Phi) is 6.44. The summed E-state index contributed by atoms with van der Waals surface area (Å²) in [6.07, 6.45) is 3.53. The maximum Gasteiger partial charge on any atom is 0.230 e. The largest absolute Gasteiger partial charge is 0.497 e. The molecule has 1 saturated heterocycles. The molecule has 1 N–H and O–H groups in total. The third-order valence-electron chi connectivity index (χ3n) is 5.71. The highest BCUT2D eigenvalue weighted by Gasteiger charge is 2.44. The van der Waals surface area contributed by atoms with E-state index in [0.717, 1.165) is 29.8 Å². The molecule has 0 spiro atoms. The molecule has 2 aromatic carbocycles. The van der Waals surface area contributed by atoms with Gasteiger partial charge in [-0.25, -0.2) is 4.68 Å². The Morgan fingerprint density at radius 2 is 2.03 bits per heavy atom. The summed E-state index contributed by atoms with van der Waals surface area (Å²) >= 11 is 0. The normalized spacial score (nSPS) is 18.1. The van der Waals surface area contributed by atoms with Gasteiger partial charge in [-0.05, 0) is 52.7 Å². The first-order chi connectivity index (χ1) is 15.6. The van der Waals surface area contributed by atoms with E-state index < -0.39 is 5.92 Å². The zero-order valence-corrected chi connectivity index (χ0v) is 18.1. The van der Waals surface area contributed by atoms with E-state index in [9.17, 15) is 9.59 Å². The summed E-state index contributed by atoms with van der Waals surface area (Å²) in [5.41, 5.74) is 2.28. The average molecular weight is 435 g/mol. The number of hydrogen-bond donors (Lipinski definition) is 1. The van der Waals surface area contributed by atoms with E-state index in [4.69, 9.17) is 4.74 Å². The van der Waals surface area contributed by atoms with E-state index in [1.807, 2.05) is 41.3 Å². The van der Waals surface area contributed by atoms with Crippen LogP contribution >= 0.6 is 0 Å². The van der Waals surface area contributed by atoms with Gasteiger partial charge in [0, 0.05) is 18.7 Å². The number of likely N-dealkylation sites (tertiary alicyclic amines) is 1. The third kappa shape index (κ3) is 4.46. The van der Waals surface area contributed by atoms with Crippen molar-refractivity contribution >= 4 is 17.5 Å². The van der Waals surface area contributed by atoms with Crippen LogP contribution in [-0.4, -0.2) is 50.6 Å². The monoisotopic (exact) mass is 434 g/mol. The number of amides is 2. The fourth-order valence-corrected chi connectivity index (χ4v) is 4.07. The Labute approximate surface area is 186 Å². The second-order valence-corrected chi connectivity index (χ2v) is 7.76. The summed E-state index contributed by atoms with van der Waals surface area (Å²) in [4.78, 5) is 28.0. The van der Waals surface area contributed by atoms with E-state index >= 15 is 0 Å². The molecule has 166 valence electrons. The summed E-state index contributed by atoms with van der Waals surface area (Å²) < 4.78 is 6.78. The summed E-state index contributed by atoms with van der Waals surface area (Å²) in [5.74, 6) is 0.0527. The number of methoxy groups -OCH3 is 1. The summed E-state index contributed by atoms with van der Waals surface area (Å²) in [6.45, 7) is 2.72. The second kappa shape index (κ2) is 9.59. The molecule has 0 saturated carbocycles. The van der Waals surface area contributed by atoms with E-state index in [1.165, 1.54) is 11.0 Å². The van der Waals surface area contributed by atoms with Crippen LogP contribution in [0.3, 0.4) is 0 Å². The number of rotatable bonds is 8. The van der Waals surface area contributed by atoms with Gasteiger partial charge in [0.15, 0.2) is 0 Å². The van der Waals surface area contributed by atoms with Crippen molar-refractivity contribution in [2.24, 2.45) is 5.92 Å². The van der Waals surface area contributed by atoms with Crippen molar-refractivity contribution in [1.29, 1.82) is 0 Å². The van der Waals surface area contributed by atoms with Crippen molar-refractivity contribution in [3.05, 3.63) is 60.4 Å². The van der Waals surface area contributed by atoms with Crippen LogP contribution in [-0.2, 0) is 9.59 Å². The minimum Gasteiger partial charge on any atom is -0.497 e. The molecular weight excluding hydrogens is 408 g/mol. The summed E-state index contributed by atoms with van der Waals surface area (Å²) in [5, 5.41) is 14.1. The van der Waals surface area contributed by atoms with Gasteiger partial charge in [0.25, 0.3) is 0 Å². The van der Waals surface area contributed by atoms with Crippen molar-refractivity contribution < 1.29 is 14.3 Å². The fraction of sp³-hybridized carbons (Fsp3) is 0.348. The highest BCUT2D eigenvalue weighted by molar-refractivity contribution is 5.98. The van der Waals surface area contributed by atoms with Crippen LogP contribution in [0.1, 0.15) is 37.8 Å². The van der Waals surface area contributed by atoms with Crippen LogP contribution in [0.4, 0.5) is 5.69 Å². The van der Waals surface area contributed by atoms with Crippen LogP contribution in [0, 0.1) is 5.92 Å². The van der Waals surface area contributed by atoms with Crippen molar-refractivity contribution in [3.63, 3.8) is 0 Å². The number of benzene rings is 2. The topological polar surface area (TPSA) is 102 Å². The van der Waals surface area contributed by atoms with Gasteiger partial charge in [-0.1, -0.05) is 31.5 Å². The first kappa shape index (κ1) is 21.5. The SMILES string of the molecule is CCCCN1C(=O)C[C@H](C(=O)Nc2cccc(-n3cnnn3)c2)[C@@H]1c1ccc(OC)cc1. The highest BCUT2D eigenvalue weighted by atomic mass is 16.5. The van der Waals surface area contributed by atoms with Crippen LogP contribution in [0.2, 0.25) is 0 Å². The average Bonchev–Trinajstić information content (AvgIpc) is 3.46. The van der Waals surface area contributed by atoms with Gasteiger partial charge in [-0.2, -0.15) is 0 Å². The molecule has 0 aliphatic carbocycles. The number of unbranched alkanes of at least 4 members (excludes halogenated alkanes) is 1. The minimum atomic E-state index is -0.496. The van der Waals surface area contributed by atoms with Gasteiger partial charge in [-0.15, -0.1) is 5.10 Å². The number of ether oxygens (including phenoxy) is 1. The molecule has 1 aromatic heterocycles. The number of nitrogens with one attached hydrogen (secondary N) is 1. The molecule has 4 rings (SSSR count). The smallest absolute Gasteiger partial charge is 0.230 e. The third-order valence-corrected chi connectivity index (χ3v) is 5.71. The summed E-state index contributed by atoms with van der Waals surface area (Å²) in [7, 11) is 1.61.